The maximum absolute atomic E-state index is 12.9. The number of aromatic nitrogens is 1. The van der Waals surface area contributed by atoms with Crippen LogP contribution in [0.2, 0.25) is 0 Å². The molecule has 1 N–H and O–H groups in total. The summed E-state index contributed by atoms with van der Waals surface area (Å²) in [6.45, 7) is 8.76. The lowest BCUT2D eigenvalue weighted by atomic mass is 10.1. The van der Waals surface area contributed by atoms with E-state index >= 15 is 0 Å². The van der Waals surface area contributed by atoms with Gasteiger partial charge in [0.2, 0.25) is 0 Å². The number of ether oxygens (including phenoxy) is 1. The summed E-state index contributed by atoms with van der Waals surface area (Å²) in [5, 5.41) is 3.08. The molecule has 0 saturated carbocycles. The van der Waals surface area contributed by atoms with E-state index in [9.17, 15) is 14.0 Å². The summed E-state index contributed by atoms with van der Waals surface area (Å²) in [6, 6.07) is 6.13. The van der Waals surface area contributed by atoms with Gasteiger partial charge in [0.25, 0.3) is 0 Å². The van der Waals surface area contributed by atoms with Gasteiger partial charge in [-0.2, -0.15) is 0 Å². The standard InChI is InChI=1S/C20H25FN2O3/c1-5-23-14(4)18(13(3)19(23)20(25)26-6-2)17(24)12-22-11-15-7-9-16(21)10-8-15/h7-10,22H,5-6,11-12H2,1-4H3. The Balaban J connectivity index is 2.15. The summed E-state index contributed by atoms with van der Waals surface area (Å²) in [6.07, 6.45) is 0. The summed E-state index contributed by atoms with van der Waals surface area (Å²) in [5.74, 6) is -0.781. The average Bonchev–Trinajstić information content (AvgIpc) is 2.86. The zero-order valence-corrected chi connectivity index (χ0v) is 15.7. The zero-order chi connectivity index (χ0) is 19.3. The van der Waals surface area contributed by atoms with Crippen molar-refractivity contribution in [2.24, 2.45) is 0 Å². The van der Waals surface area contributed by atoms with E-state index in [0.717, 1.165) is 11.3 Å². The molecule has 0 unspecified atom stereocenters. The predicted octanol–water partition coefficient (Wildman–Crippen LogP) is 3.41. The molecular formula is C20H25FN2O3. The van der Waals surface area contributed by atoms with Gasteiger partial charge in [0.15, 0.2) is 5.78 Å². The third-order valence-corrected chi connectivity index (χ3v) is 4.36. The first kappa shape index (κ1) is 19.8. The molecule has 1 aromatic heterocycles. The lowest BCUT2D eigenvalue weighted by Crippen LogP contribution is -2.23. The number of ketones is 1. The fraction of sp³-hybridized carbons (Fsp3) is 0.400. The van der Waals surface area contributed by atoms with Crippen molar-refractivity contribution in [1.82, 2.24) is 9.88 Å². The molecule has 0 aliphatic heterocycles. The molecule has 2 aromatic rings. The average molecular weight is 360 g/mol. The van der Waals surface area contributed by atoms with Gasteiger partial charge in [-0.25, -0.2) is 9.18 Å². The van der Waals surface area contributed by atoms with E-state index in [1.807, 2.05) is 18.4 Å². The molecular weight excluding hydrogens is 335 g/mol. The highest BCUT2D eigenvalue weighted by Crippen LogP contribution is 2.23. The van der Waals surface area contributed by atoms with Crippen LogP contribution >= 0.6 is 0 Å². The fourth-order valence-electron chi connectivity index (χ4n) is 3.17. The van der Waals surface area contributed by atoms with E-state index in [1.165, 1.54) is 12.1 Å². The summed E-state index contributed by atoms with van der Waals surface area (Å²) in [4.78, 5) is 25.0. The SMILES string of the molecule is CCOC(=O)c1c(C)c(C(=O)CNCc2ccc(F)cc2)c(C)n1CC. The normalized spacial score (nSPS) is 10.8. The number of rotatable bonds is 8. The van der Waals surface area contributed by atoms with Crippen LogP contribution in [0.15, 0.2) is 24.3 Å². The Morgan fingerprint density at radius 1 is 1.15 bits per heavy atom. The fourth-order valence-corrected chi connectivity index (χ4v) is 3.17. The van der Waals surface area contributed by atoms with E-state index in [4.69, 9.17) is 4.74 Å². The molecule has 0 aliphatic rings. The first-order valence-corrected chi connectivity index (χ1v) is 8.75. The Hall–Kier alpha value is -2.47. The Morgan fingerprint density at radius 2 is 1.81 bits per heavy atom. The van der Waals surface area contributed by atoms with Gasteiger partial charge in [-0.1, -0.05) is 12.1 Å². The van der Waals surface area contributed by atoms with Crippen LogP contribution in [0.3, 0.4) is 0 Å². The number of hydrogen-bond donors (Lipinski definition) is 1. The van der Waals surface area contributed by atoms with Crippen molar-refractivity contribution in [1.29, 1.82) is 0 Å². The first-order chi connectivity index (χ1) is 12.4. The molecule has 0 spiro atoms. The van der Waals surface area contributed by atoms with Crippen LogP contribution in [0, 0.1) is 19.7 Å². The van der Waals surface area contributed by atoms with Gasteiger partial charge in [0.1, 0.15) is 11.5 Å². The molecule has 0 amide bonds. The van der Waals surface area contributed by atoms with Crippen molar-refractivity contribution >= 4 is 11.8 Å². The molecule has 0 bridgehead atoms. The van der Waals surface area contributed by atoms with Gasteiger partial charge in [0, 0.05) is 24.3 Å². The molecule has 140 valence electrons. The second-order valence-corrected chi connectivity index (χ2v) is 6.05. The van der Waals surface area contributed by atoms with Crippen LogP contribution in [-0.2, 0) is 17.8 Å². The minimum Gasteiger partial charge on any atom is -0.461 e. The van der Waals surface area contributed by atoms with Gasteiger partial charge in [-0.05, 0) is 51.0 Å². The van der Waals surface area contributed by atoms with Gasteiger partial charge in [0.05, 0.1) is 13.2 Å². The van der Waals surface area contributed by atoms with Crippen LogP contribution in [0.25, 0.3) is 0 Å². The Bertz CT molecular complexity index is 794. The van der Waals surface area contributed by atoms with E-state index in [-0.39, 0.29) is 24.8 Å². The molecule has 0 radical (unpaired) electrons. The predicted molar refractivity (Wildman–Crippen MR) is 98.0 cm³/mol. The van der Waals surface area contributed by atoms with Gasteiger partial charge >= 0.3 is 5.97 Å². The smallest absolute Gasteiger partial charge is 0.355 e. The number of halogens is 1. The van der Waals surface area contributed by atoms with Crippen molar-refractivity contribution < 1.29 is 18.7 Å². The van der Waals surface area contributed by atoms with Gasteiger partial charge in [-0.15, -0.1) is 0 Å². The Morgan fingerprint density at radius 3 is 2.38 bits per heavy atom. The van der Waals surface area contributed by atoms with Crippen LogP contribution in [0.5, 0.6) is 0 Å². The summed E-state index contributed by atoms with van der Waals surface area (Å²) >= 11 is 0. The number of hydrogen-bond acceptors (Lipinski definition) is 4. The maximum atomic E-state index is 12.9. The molecule has 1 heterocycles. The molecule has 5 nitrogen and oxygen atoms in total. The lowest BCUT2D eigenvalue weighted by molar-refractivity contribution is 0.0512. The monoisotopic (exact) mass is 360 g/mol. The molecule has 1 aromatic carbocycles. The molecule has 0 atom stereocenters. The van der Waals surface area contributed by atoms with Crippen LogP contribution in [-0.4, -0.2) is 29.5 Å². The van der Waals surface area contributed by atoms with E-state index in [2.05, 4.69) is 5.32 Å². The van der Waals surface area contributed by atoms with Crippen molar-refractivity contribution in [2.45, 2.75) is 40.8 Å². The molecule has 6 heteroatoms. The minimum absolute atomic E-state index is 0.0835. The number of nitrogens with one attached hydrogen (secondary N) is 1. The zero-order valence-electron chi connectivity index (χ0n) is 15.7. The first-order valence-electron chi connectivity index (χ1n) is 8.75. The van der Waals surface area contributed by atoms with Gasteiger partial charge in [-0.3, -0.25) is 4.79 Å². The Kier molecular flexibility index (Phi) is 6.69. The van der Waals surface area contributed by atoms with Crippen LogP contribution in [0.1, 0.15) is 51.5 Å². The number of Topliss-reactive ketones (excluding diaryl/α,β-unsaturated/α-hetero) is 1. The van der Waals surface area contributed by atoms with Crippen LogP contribution in [0.4, 0.5) is 4.39 Å². The second kappa shape index (κ2) is 8.76. The summed E-state index contributed by atoms with van der Waals surface area (Å²) < 4.78 is 19.9. The van der Waals surface area contributed by atoms with Crippen molar-refractivity contribution in [3.8, 4) is 0 Å². The number of benzene rings is 1. The number of carbonyl (C=O) groups is 2. The largest absolute Gasteiger partial charge is 0.461 e. The molecule has 2 rings (SSSR count). The summed E-state index contributed by atoms with van der Waals surface area (Å²) in [5.41, 5.74) is 3.30. The second-order valence-electron chi connectivity index (χ2n) is 6.05. The van der Waals surface area contributed by atoms with Gasteiger partial charge < -0.3 is 14.6 Å². The quantitative estimate of drug-likeness (QED) is 0.579. The molecule has 0 fully saturated rings. The number of carbonyl (C=O) groups excluding carboxylic acids is 2. The number of nitrogens with zero attached hydrogens (tertiary/aromatic N) is 1. The van der Waals surface area contributed by atoms with E-state index < -0.39 is 5.97 Å². The third-order valence-electron chi connectivity index (χ3n) is 4.36. The topological polar surface area (TPSA) is 60.3 Å². The van der Waals surface area contributed by atoms with Crippen molar-refractivity contribution in [3.63, 3.8) is 0 Å². The third kappa shape index (κ3) is 4.19. The maximum Gasteiger partial charge on any atom is 0.355 e. The molecule has 26 heavy (non-hydrogen) atoms. The van der Waals surface area contributed by atoms with Crippen molar-refractivity contribution in [3.05, 3.63) is 58.2 Å². The minimum atomic E-state index is -0.409. The van der Waals surface area contributed by atoms with Crippen molar-refractivity contribution in [2.75, 3.05) is 13.2 Å². The van der Waals surface area contributed by atoms with E-state index in [0.29, 0.717) is 29.9 Å². The molecule has 0 aliphatic carbocycles. The highest BCUT2D eigenvalue weighted by molar-refractivity contribution is 6.03. The van der Waals surface area contributed by atoms with Crippen LogP contribution < -0.4 is 5.32 Å². The highest BCUT2D eigenvalue weighted by Gasteiger charge is 2.26. The summed E-state index contributed by atoms with van der Waals surface area (Å²) in [7, 11) is 0. The number of esters is 1. The van der Waals surface area contributed by atoms with E-state index in [1.54, 1.807) is 26.0 Å². The highest BCUT2D eigenvalue weighted by atomic mass is 19.1. The Labute approximate surface area is 153 Å². The molecule has 0 saturated heterocycles. The lowest BCUT2D eigenvalue weighted by Gasteiger charge is -2.08.